The number of hydrogen-bond donors (Lipinski definition) is 2. The average molecular weight is 337 g/mol. The Morgan fingerprint density at radius 3 is 2.90 bits per heavy atom. The summed E-state index contributed by atoms with van der Waals surface area (Å²) in [6, 6.07) is 10.7. The van der Waals surface area contributed by atoms with Crippen molar-refractivity contribution in [3.63, 3.8) is 0 Å². The first-order valence-electron chi connectivity index (χ1n) is 6.36. The van der Waals surface area contributed by atoms with Gasteiger partial charge in [0.25, 0.3) is 0 Å². The van der Waals surface area contributed by atoms with Crippen LogP contribution in [0.5, 0.6) is 5.75 Å². The van der Waals surface area contributed by atoms with Gasteiger partial charge in [-0.1, -0.05) is 24.3 Å². The van der Waals surface area contributed by atoms with Crippen molar-refractivity contribution in [2.45, 2.75) is 12.5 Å². The topological polar surface area (TPSA) is 47.3 Å². The highest BCUT2D eigenvalue weighted by atomic mass is 79.9. The van der Waals surface area contributed by atoms with E-state index < -0.39 is 0 Å². The summed E-state index contributed by atoms with van der Waals surface area (Å²) in [6.07, 6.45) is 0.910. The van der Waals surface area contributed by atoms with Gasteiger partial charge in [0.1, 0.15) is 11.6 Å². The second-order valence-electron chi connectivity index (χ2n) is 4.71. The van der Waals surface area contributed by atoms with Gasteiger partial charge in [-0.25, -0.2) is 9.82 Å². The van der Waals surface area contributed by atoms with Crippen LogP contribution in [0.4, 0.5) is 4.39 Å². The maximum atomic E-state index is 13.4. The molecule has 0 aromatic heterocycles. The molecule has 0 saturated heterocycles. The van der Waals surface area contributed by atoms with E-state index in [2.05, 4.69) is 27.4 Å². The minimum atomic E-state index is -0.293. The largest absolute Gasteiger partial charge is 0.493 e. The number of hydrazine groups is 1. The molecule has 1 unspecified atom stereocenters. The third-order valence-electron chi connectivity index (χ3n) is 3.50. The van der Waals surface area contributed by atoms with Crippen molar-refractivity contribution in [1.29, 1.82) is 0 Å². The zero-order valence-electron chi connectivity index (χ0n) is 10.7. The van der Waals surface area contributed by atoms with E-state index in [0.29, 0.717) is 11.1 Å². The van der Waals surface area contributed by atoms with Crippen LogP contribution >= 0.6 is 15.9 Å². The number of ether oxygens (including phenoxy) is 1. The van der Waals surface area contributed by atoms with E-state index in [9.17, 15) is 4.39 Å². The second kappa shape index (κ2) is 5.52. The van der Waals surface area contributed by atoms with E-state index in [1.54, 1.807) is 12.1 Å². The standard InChI is InChI=1S/C15H14BrFN2O/c16-12-8-10(4-5-13(12)17)14(19-18)11-3-1-2-9-6-7-20-15(9)11/h1-5,8,14,19H,6-7,18H2. The number of para-hydroxylation sites is 1. The number of nitrogens with one attached hydrogen (secondary N) is 1. The molecule has 0 spiro atoms. The van der Waals surface area contributed by atoms with Gasteiger partial charge < -0.3 is 4.74 Å². The molecule has 2 aromatic rings. The van der Waals surface area contributed by atoms with Gasteiger partial charge in [0.05, 0.1) is 17.1 Å². The van der Waals surface area contributed by atoms with Crippen LogP contribution in [0.15, 0.2) is 40.9 Å². The van der Waals surface area contributed by atoms with Crippen LogP contribution < -0.4 is 16.0 Å². The summed E-state index contributed by atoms with van der Waals surface area (Å²) in [6.45, 7) is 0.691. The van der Waals surface area contributed by atoms with Crippen LogP contribution in [0.2, 0.25) is 0 Å². The molecule has 3 N–H and O–H groups in total. The maximum absolute atomic E-state index is 13.4. The molecule has 0 radical (unpaired) electrons. The van der Waals surface area contributed by atoms with Crippen LogP contribution in [0.1, 0.15) is 22.7 Å². The number of fused-ring (bicyclic) bond motifs is 1. The van der Waals surface area contributed by atoms with E-state index in [1.807, 2.05) is 12.1 Å². The van der Waals surface area contributed by atoms with Gasteiger partial charge in [0.15, 0.2) is 0 Å². The van der Waals surface area contributed by atoms with Gasteiger partial charge in [0, 0.05) is 12.0 Å². The number of benzene rings is 2. The van der Waals surface area contributed by atoms with E-state index in [1.165, 1.54) is 11.6 Å². The van der Waals surface area contributed by atoms with E-state index in [0.717, 1.165) is 23.3 Å². The van der Waals surface area contributed by atoms with E-state index in [-0.39, 0.29) is 11.9 Å². The molecule has 1 aliphatic heterocycles. The Kier molecular flexibility index (Phi) is 3.74. The molecule has 1 heterocycles. The number of nitrogens with two attached hydrogens (primary N) is 1. The fourth-order valence-corrected chi connectivity index (χ4v) is 2.92. The Bertz CT molecular complexity index is 648. The smallest absolute Gasteiger partial charge is 0.137 e. The van der Waals surface area contributed by atoms with Crippen molar-refractivity contribution in [3.05, 3.63) is 63.4 Å². The summed E-state index contributed by atoms with van der Waals surface area (Å²) in [4.78, 5) is 0. The second-order valence-corrected chi connectivity index (χ2v) is 5.56. The lowest BCUT2D eigenvalue weighted by molar-refractivity contribution is 0.350. The molecule has 20 heavy (non-hydrogen) atoms. The van der Waals surface area contributed by atoms with Crippen LogP contribution in [0, 0.1) is 5.82 Å². The minimum Gasteiger partial charge on any atom is -0.493 e. The Morgan fingerprint density at radius 2 is 2.15 bits per heavy atom. The van der Waals surface area contributed by atoms with Gasteiger partial charge in [-0.05, 0) is 39.2 Å². The van der Waals surface area contributed by atoms with Gasteiger partial charge in [-0.2, -0.15) is 0 Å². The lowest BCUT2D eigenvalue weighted by atomic mass is 9.96. The Labute approximate surface area is 125 Å². The predicted octanol–water partition coefficient (Wildman–Crippen LogP) is 3.08. The zero-order chi connectivity index (χ0) is 14.1. The molecule has 104 valence electrons. The molecular weight excluding hydrogens is 323 g/mol. The highest BCUT2D eigenvalue weighted by Gasteiger charge is 2.23. The molecule has 3 nitrogen and oxygen atoms in total. The van der Waals surface area contributed by atoms with Gasteiger partial charge in [0.2, 0.25) is 0 Å². The van der Waals surface area contributed by atoms with Crippen molar-refractivity contribution >= 4 is 15.9 Å². The monoisotopic (exact) mass is 336 g/mol. The average Bonchev–Trinajstić information content (AvgIpc) is 2.93. The Balaban J connectivity index is 2.06. The van der Waals surface area contributed by atoms with E-state index >= 15 is 0 Å². The quantitative estimate of drug-likeness (QED) is 0.668. The Morgan fingerprint density at radius 1 is 1.30 bits per heavy atom. The molecule has 0 aliphatic carbocycles. The molecule has 1 aliphatic rings. The fourth-order valence-electron chi connectivity index (χ4n) is 2.53. The van der Waals surface area contributed by atoms with Crippen LogP contribution in [0.25, 0.3) is 0 Å². The third-order valence-corrected chi connectivity index (χ3v) is 4.11. The van der Waals surface area contributed by atoms with Crippen molar-refractivity contribution in [3.8, 4) is 5.75 Å². The molecular formula is C15H14BrFN2O. The van der Waals surface area contributed by atoms with Crippen molar-refractivity contribution in [2.24, 2.45) is 5.84 Å². The molecule has 1 atom stereocenters. The minimum absolute atomic E-state index is 0.236. The molecule has 2 aromatic carbocycles. The molecule has 5 heteroatoms. The Hall–Kier alpha value is -1.43. The summed E-state index contributed by atoms with van der Waals surface area (Å²) in [5.41, 5.74) is 5.82. The van der Waals surface area contributed by atoms with Crippen molar-refractivity contribution < 1.29 is 9.13 Å². The van der Waals surface area contributed by atoms with Crippen LogP contribution in [0.3, 0.4) is 0 Å². The number of rotatable bonds is 3. The zero-order valence-corrected chi connectivity index (χ0v) is 12.3. The van der Waals surface area contributed by atoms with Crippen LogP contribution in [-0.4, -0.2) is 6.61 Å². The number of hydrogen-bond acceptors (Lipinski definition) is 3. The highest BCUT2D eigenvalue weighted by molar-refractivity contribution is 9.10. The summed E-state index contributed by atoms with van der Waals surface area (Å²) in [5.74, 6) is 6.30. The summed E-state index contributed by atoms with van der Waals surface area (Å²) in [5, 5.41) is 0. The van der Waals surface area contributed by atoms with Crippen molar-refractivity contribution in [2.75, 3.05) is 6.61 Å². The normalized spacial score (nSPS) is 14.8. The lowest BCUT2D eigenvalue weighted by Crippen LogP contribution is -2.29. The van der Waals surface area contributed by atoms with Gasteiger partial charge in [-0.3, -0.25) is 5.84 Å². The van der Waals surface area contributed by atoms with Gasteiger partial charge in [-0.15, -0.1) is 0 Å². The third kappa shape index (κ3) is 2.32. The first-order chi connectivity index (χ1) is 9.70. The number of halogens is 2. The molecule has 0 bridgehead atoms. The summed E-state index contributed by atoms with van der Waals surface area (Å²) >= 11 is 3.20. The summed E-state index contributed by atoms with van der Waals surface area (Å²) in [7, 11) is 0. The first-order valence-corrected chi connectivity index (χ1v) is 7.15. The lowest BCUT2D eigenvalue weighted by Gasteiger charge is -2.19. The van der Waals surface area contributed by atoms with E-state index in [4.69, 9.17) is 10.6 Å². The molecule has 3 rings (SSSR count). The molecule has 0 amide bonds. The SMILES string of the molecule is NNC(c1ccc(F)c(Br)c1)c1cccc2c1OCC2. The highest BCUT2D eigenvalue weighted by Crippen LogP contribution is 2.36. The predicted molar refractivity (Wildman–Crippen MR) is 78.9 cm³/mol. The molecule has 0 saturated carbocycles. The summed E-state index contributed by atoms with van der Waals surface area (Å²) < 4.78 is 19.5. The fraction of sp³-hybridized carbons (Fsp3) is 0.200. The first kappa shape index (κ1) is 13.5. The maximum Gasteiger partial charge on any atom is 0.137 e. The van der Waals surface area contributed by atoms with Gasteiger partial charge >= 0.3 is 0 Å². The molecule has 0 fully saturated rings. The van der Waals surface area contributed by atoms with Crippen LogP contribution in [-0.2, 0) is 6.42 Å². The van der Waals surface area contributed by atoms with Crippen molar-refractivity contribution in [1.82, 2.24) is 5.43 Å².